The summed E-state index contributed by atoms with van der Waals surface area (Å²) in [6, 6.07) is 11.9. The Morgan fingerprint density at radius 3 is 2.31 bits per heavy atom. The summed E-state index contributed by atoms with van der Waals surface area (Å²) >= 11 is 0. The second kappa shape index (κ2) is 10.2. The minimum absolute atomic E-state index is 0. The molecular formula is C19H23NaO5S. The molecule has 0 aliphatic carbocycles. The average Bonchev–Trinajstić information content (AvgIpc) is 2.57. The molecule has 0 amide bonds. The van der Waals surface area contributed by atoms with E-state index in [9.17, 15) is 13.2 Å². The Morgan fingerprint density at radius 2 is 1.73 bits per heavy atom. The second-order valence-electron chi connectivity index (χ2n) is 5.77. The van der Waals surface area contributed by atoms with Gasteiger partial charge in [-0.05, 0) is 49.6 Å². The Labute approximate surface area is 178 Å². The van der Waals surface area contributed by atoms with Crippen LogP contribution in [0.5, 0.6) is 5.75 Å². The van der Waals surface area contributed by atoms with Gasteiger partial charge in [-0.2, -0.15) is 8.42 Å². The van der Waals surface area contributed by atoms with Crippen molar-refractivity contribution < 1.29 is 53.1 Å². The number of rotatable bonds is 7. The van der Waals surface area contributed by atoms with Gasteiger partial charge in [0.05, 0.1) is 11.5 Å². The minimum atomic E-state index is -3.75. The molecule has 2 aromatic carbocycles. The van der Waals surface area contributed by atoms with Crippen molar-refractivity contribution in [1.82, 2.24) is 0 Å². The summed E-state index contributed by atoms with van der Waals surface area (Å²) in [4.78, 5) is 11.5. The summed E-state index contributed by atoms with van der Waals surface area (Å²) in [6.07, 6.45) is 0.750. The van der Waals surface area contributed by atoms with Gasteiger partial charge in [-0.15, -0.1) is 0 Å². The molecule has 0 bridgehead atoms. The van der Waals surface area contributed by atoms with Crippen LogP contribution in [0.4, 0.5) is 0 Å². The molecule has 2 rings (SSSR count). The number of carbonyl (C=O) groups is 1. The monoisotopic (exact) mass is 386 g/mol. The van der Waals surface area contributed by atoms with E-state index in [2.05, 4.69) is 0 Å². The molecule has 0 radical (unpaired) electrons. The molecule has 0 aliphatic rings. The van der Waals surface area contributed by atoms with Crippen LogP contribution in [0.15, 0.2) is 47.4 Å². The molecule has 5 nitrogen and oxygen atoms in total. The number of ether oxygens (including phenoxy) is 1. The third kappa shape index (κ3) is 6.52. The van der Waals surface area contributed by atoms with Crippen LogP contribution in [0.2, 0.25) is 0 Å². The quantitative estimate of drug-likeness (QED) is 0.303. The summed E-state index contributed by atoms with van der Waals surface area (Å²) in [7, 11) is -3.75. The van der Waals surface area contributed by atoms with E-state index in [4.69, 9.17) is 8.92 Å². The Kier molecular flexibility index (Phi) is 9.00. The minimum Gasteiger partial charge on any atom is -1.00 e. The van der Waals surface area contributed by atoms with Crippen LogP contribution in [0.25, 0.3) is 0 Å². The first kappa shape index (κ1) is 22.9. The molecular weight excluding hydrogens is 363 g/mol. The van der Waals surface area contributed by atoms with Gasteiger partial charge < -0.3 is 6.16 Å². The number of esters is 1. The zero-order chi connectivity index (χ0) is 18.4. The molecule has 0 aromatic heterocycles. The van der Waals surface area contributed by atoms with Crippen LogP contribution in [-0.2, 0) is 25.5 Å². The third-order valence-corrected chi connectivity index (χ3v) is 5.02. The fourth-order valence-electron chi connectivity index (χ4n) is 2.22. The fourth-order valence-corrected chi connectivity index (χ4v) is 3.13. The van der Waals surface area contributed by atoms with Gasteiger partial charge in [-0.1, -0.05) is 36.8 Å². The van der Waals surface area contributed by atoms with Gasteiger partial charge in [0.25, 0.3) is 10.1 Å². The molecule has 0 saturated heterocycles. The van der Waals surface area contributed by atoms with Crippen LogP contribution < -0.4 is 34.3 Å². The molecule has 2 aromatic rings. The normalized spacial score (nSPS) is 10.9. The number of benzene rings is 2. The molecule has 26 heavy (non-hydrogen) atoms. The molecule has 0 N–H and O–H groups in total. The SMILES string of the molecule is CCC(=O)Oc1ccc(CCOS(=O)(=O)c2ccc(C)cc2)cc1C.[H-].[Na+]. The fraction of sp³-hybridized carbons (Fsp3) is 0.316. The van der Waals surface area contributed by atoms with E-state index in [0.717, 1.165) is 16.7 Å². The predicted molar refractivity (Wildman–Crippen MR) is 96.2 cm³/mol. The number of hydrogen-bond donors (Lipinski definition) is 0. The summed E-state index contributed by atoms with van der Waals surface area (Å²) in [5.41, 5.74) is 2.71. The van der Waals surface area contributed by atoms with Gasteiger partial charge >= 0.3 is 35.5 Å². The summed E-state index contributed by atoms with van der Waals surface area (Å²) in [5.74, 6) is 0.229. The Hall–Kier alpha value is -1.18. The Balaban J connectivity index is 0.00000338. The second-order valence-corrected chi connectivity index (χ2v) is 7.38. The molecule has 136 valence electrons. The smallest absolute Gasteiger partial charge is 1.00 e. The van der Waals surface area contributed by atoms with Crippen molar-refractivity contribution in [2.45, 2.75) is 38.5 Å². The van der Waals surface area contributed by atoms with E-state index in [1.54, 1.807) is 31.2 Å². The van der Waals surface area contributed by atoms with Crippen molar-refractivity contribution in [2.24, 2.45) is 0 Å². The van der Waals surface area contributed by atoms with Crippen molar-refractivity contribution in [2.75, 3.05) is 6.61 Å². The van der Waals surface area contributed by atoms with E-state index < -0.39 is 10.1 Å². The number of carbonyl (C=O) groups excluding carboxylic acids is 1. The zero-order valence-corrected chi connectivity index (χ0v) is 18.4. The molecule has 7 heteroatoms. The van der Waals surface area contributed by atoms with Crippen molar-refractivity contribution in [3.8, 4) is 5.75 Å². The van der Waals surface area contributed by atoms with Crippen molar-refractivity contribution in [3.63, 3.8) is 0 Å². The van der Waals surface area contributed by atoms with Crippen molar-refractivity contribution in [3.05, 3.63) is 59.2 Å². The van der Waals surface area contributed by atoms with Gasteiger partial charge in [0.15, 0.2) is 0 Å². The summed E-state index contributed by atoms with van der Waals surface area (Å²) < 4.78 is 34.6. The van der Waals surface area contributed by atoms with Gasteiger partial charge in [0, 0.05) is 6.42 Å². The predicted octanol–water partition coefficient (Wildman–Crippen LogP) is 0.683. The zero-order valence-electron chi connectivity index (χ0n) is 16.6. The first-order valence-corrected chi connectivity index (χ1v) is 9.49. The van der Waals surface area contributed by atoms with Crippen LogP contribution in [0, 0.1) is 13.8 Å². The third-order valence-electron chi connectivity index (χ3n) is 3.69. The first-order chi connectivity index (χ1) is 11.8. The largest absolute Gasteiger partial charge is 1.00 e. The van der Waals surface area contributed by atoms with E-state index in [0.29, 0.717) is 18.6 Å². The maximum Gasteiger partial charge on any atom is 1.00 e. The summed E-state index contributed by atoms with van der Waals surface area (Å²) in [6.45, 7) is 5.51. The maximum atomic E-state index is 12.1. The molecule has 0 atom stereocenters. The van der Waals surface area contributed by atoms with Gasteiger partial charge in [-0.3, -0.25) is 8.98 Å². The molecule has 0 fully saturated rings. The van der Waals surface area contributed by atoms with Crippen molar-refractivity contribution >= 4 is 16.1 Å². The average molecular weight is 386 g/mol. The van der Waals surface area contributed by atoms with Crippen LogP contribution in [0.1, 0.15) is 31.5 Å². The maximum absolute atomic E-state index is 12.1. The molecule has 0 spiro atoms. The standard InChI is InChI=1S/C19H22O5S.Na.H/c1-4-19(20)24-18-10-7-16(13-15(18)3)11-12-23-25(21,22)17-8-5-14(2)6-9-17;;/h5-10,13H,4,11-12H2,1-3H3;;/q;+1;-1. The van der Waals surface area contributed by atoms with Crippen LogP contribution in [0.3, 0.4) is 0 Å². The molecule has 0 saturated carbocycles. The van der Waals surface area contributed by atoms with Crippen LogP contribution in [-0.4, -0.2) is 21.0 Å². The first-order valence-electron chi connectivity index (χ1n) is 8.08. The van der Waals surface area contributed by atoms with E-state index >= 15 is 0 Å². The molecule has 0 unspecified atom stereocenters. The summed E-state index contributed by atoms with van der Waals surface area (Å²) in [5, 5.41) is 0. The molecule has 0 heterocycles. The van der Waals surface area contributed by atoms with Crippen LogP contribution >= 0.6 is 0 Å². The van der Waals surface area contributed by atoms with E-state index in [1.807, 2.05) is 19.9 Å². The van der Waals surface area contributed by atoms with E-state index in [1.165, 1.54) is 12.1 Å². The van der Waals surface area contributed by atoms with Gasteiger partial charge in [0.2, 0.25) is 0 Å². The Morgan fingerprint density at radius 1 is 1.08 bits per heavy atom. The number of aryl methyl sites for hydroxylation is 2. The molecule has 0 aliphatic heterocycles. The number of hydrogen-bond acceptors (Lipinski definition) is 5. The van der Waals surface area contributed by atoms with Crippen molar-refractivity contribution in [1.29, 1.82) is 0 Å². The topological polar surface area (TPSA) is 69.7 Å². The Bertz CT molecular complexity index is 851. The van der Waals surface area contributed by atoms with Gasteiger partial charge in [-0.25, -0.2) is 0 Å². The van der Waals surface area contributed by atoms with E-state index in [-0.39, 0.29) is 48.5 Å². The van der Waals surface area contributed by atoms with Gasteiger partial charge in [0.1, 0.15) is 5.75 Å².